The Balaban J connectivity index is 2.61. The molecule has 0 N–H and O–H groups in total. The smallest absolute Gasteiger partial charge is 0.145 e. The second kappa shape index (κ2) is 2.20. The van der Waals surface area contributed by atoms with Crippen LogP contribution in [0.25, 0.3) is 0 Å². The Kier molecular flexibility index (Phi) is 1.65. The van der Waals surface area contributed by atoms with Crippen molar-refractivity contribution < 1.29 is 9.53 Å². The normalized spacial score (nSPS) is 39.5. The van der Waals surface area contributed by atoms with E-state index in [0.29, 0.717) is 0 Å². The third-order valence-corrected chi connectivity index (χ3v) is 1.88. The summed E-state index contributed by atoms with van der Waals surface area (Å²) in [5, 5.41) is 0. The van der Waals surface area contributed by atoms with Crippen LogP contribution in [0.4, 0.5) is 0 Å². The van der Waals surface area contributed by atoms with Gasteiger partial charge in [-0.1, -0.05) is 0 Å². The molecule has 0 saturated carbocycles. The van der Waals surface area contributed by atoms with E-state index in [4.69, 9.17) is 4.74 Å². The van der Waals surface area contributed by atoms with E-state index in [0.717, 1.165) is 11.9 Å². The maximum atomic E-state index is 10.2. The lowest BCUT2D eigenvalue weighted by molar-refractivity contribution is -0.104. The molecule has 1 fully saturated rings. The van der Waals surface area contributed by atoms with Crippen LogP contribution in [0.3, 0.4) is 0 Å². The van der Waals surface area contributed by atoms with Gasteiger partial charge in [-0.05, 0) is 32.4 Å². The fourth-order valence-electron chi connectivity index (χ4n) is 0.984. The highest BCUT2D eigenvalue weighted by atomic mass is 16.6. The topological polar surface area (TPSA) is 29.6 Å². The van der Waals surface area contributed by atoms with Gasteiger partial charge in [-0.3, -0.25) is 4.79 Å². The number of epoxide rings is 1. The molecule has 10 heavy (non-hydrogen) atoms. The second-order valence-electron chi connectivity index (χ2n) is 2.95. The molecule has 0 bridgehead atoms. The summed E-state index contributed by atoms with van der Waals surface area (Å²) in [6.07, 6.45) is 2.98. The molecule has 2 nitrogen and oxygen atoms in total. The van der Waals surface area contributed by atoms with Crippen molar-refractivity contribution in [3.05, 3.63) is 11.6 Å². The van der Waals surface area contributed by atoms with Crippen molar-refractivity contribution in [3.8, 4) is 0 Å². The van der Waals surface area contributed by atoms with Gasteiger partial charge in [0.05, 0.1) is 6.10 Å². The molecular formula is C8H12O2. The average molecular weight is 140 g/mol. The molecule has 0 unspecified atom stereocenters. The first-order valence-electron chi connectivity index (χ1n) is 3.41. The van der Waals surface area contributed by atoms with Crippen LogP contribution >= 0.6 is 0 Å². The summed E-state index contributed by atoms with van der Waals surface area (Å²) in [4.78, 5) is 10.2. The molecule has 56 valence electrons. The summed E-state index contributed by atoms with van der Waals surface area (Å²) >= 11 is 0. The van der Waals surface area contributed by atoms with E-state index in [9.17, 15) is 4.79 Å². The summed E-state index contributed by atoms with van der Waals surface area (Å²) in [6.45, 7) is 5.76. The second-order valence-corrected chi connectivity index (χ2v) is 2.95. The molecule has 1 aliphatic rings. The van der Waals surface area contributed by atoms with Crippen molar-refractivity contribution >= 4 is 6.29 Å². The molecule has 0 aromatic rings. The predicted octanol–water partition coefficient (Wildman–Crippen LogP) is 1.31. The van der Waals surface area contributed by atoms with Crippen molar-refractivity contribution in [1.82, 2.24) is 0 Å². The predicted molar refractivity (Wildman–Crippen MR) is 38.8 cm³/mol. The fourth-order valence-corrected chi connectivity index (χ4v) is 0.984. The Bertz CT molecular complexity index is 184. The summed E-state index contributed by atoms with van der Waals surface area (Å²) in [7, 11) is 0. The monoisotopic (exact) mass is 140 g/mol. The molecule has 2 atom stereocenters. The molecule has 0 aromatic carbocycles. The molecule has 0 aliphatic carbocycles. The third-order valence-electron chi connectivity index (χ3n) is 1.88. The van der Waals surface area contributed by atoms with Crippen LogP contribution in [0.15, 0.2) is 11.6 Å². The first-order valence-corrected chi connectivity index (χ1v) is 3.41. The van der Waals surface area contributed by atoms with E-state index in [1.807, 2.05) is 19.9 Å². The molecule has 0 radical (unpaired) electrons. The highest BCUT2D eigenvalue weighted by Crippen LogP contribution is 2.37. The lowest BCUT2D eigenvalue weighted by Crippen LogP contribution is -2.03. The quantitative estimate of drug-likeness (QED) is 0.329. The largest absolute Gasteiger partial charge is 0.362 e. The van der Waals surface area contributed by atoms with Crippen LogP contribution in [-0.4, -0.2) is 18.0 Å². The number of hydrogen-bond acceptors (Lipinski definition) is 2. The molecule has 1 rings (SSSR count). The van der Waals surface area contributed by atoms with Crippen LogP contribution in [-0.2, 0) is 9.53 Å². The van der Waals surface area contributed by atoms with Gasteiger partial charge in [0.2, 0.25) is 0 Å². The van der Waals surface area contributed by atoms with Crippen LogP contribution in [0.1, 0.15) is 20.8 Å². The summed E-state index contributed by atoms with van der Waals surface area (Å²) in [5.41, 5.74) is 0.581. The van der Waals surface area contributed by atoms with Crippen molar-refractivity contribution in [2.75, 3.05) is 0 Å². The SMILES string of the molecule is C/C(C=O)=C\[C@@]1(C)O[C@@H]1C. The van der Waals surface area contributed by atoms with E-state index < -0.39 is 0 Å². The number of hydrogen-bond donors (Lipinski definition) is 0. The van der Waals surface area contributed by atoms with E-state index >= 15 is 0 Å². The van der Waals surface area contributed by atoms with E-state index in [1.54, 1.807) is 6.92 Å². The average Bonchev–Trinajstić information content (AvgIpc) is 2.40. The fraction of sp³-hybridized carbons (Fsp3) is 0.625. The van der Waals surface area contributed by atoms with Gasteiger partial charge in [0.15, 0.2) is 0 Å². The maximum Gasteiger partial charge on any atom is 0.145 e. The molecule has 1 saturated heterocycles. The van der Waals surface area contributed by atoms with Crippen molar-refractivity contribution in [1.29, 1.82) is 0 Å². The van der Waals surface area contributed by atoms with Gasteiger partial charge in [-0.25, -0.2) is 0 Å². The Morgan fingerprint density at radius 1 is 1.70 bits per heavy atom. The zero-order chi connectivity index (χ0) is 7.78. The zero-order valence-electron chi connectivity index (χ0n) is 6.55. The number of carbonyl (C=O) groups is 1. The van der Waals surface area contributed by atoms with Gasteiger partial charge in [-0.15, -0.1) is 0 Å². The number of aldehydes is 1. The summed E-state index contributed by atoms with van der Waals surface area (Å²) in [5.74, 6) is 0. The number of rotatable bonds is 2. The first-order chi connectivity index (χ1) is 4.58. The zero-order valence-corrected chi connectivity index (χ0v) is 6.55. The van der Waals surface area contributed by atoms with Gasteiger partial charge < -0.3 is 4.74 Å². The first kappa shape index (κ1) is 7.48. The molecule has 1 aliphatic heterocycles. The van der Waals surface area contributed by atoms with Crippen LogP contribution in [0.2, 0.25) is 0 Å². The van der Waals surface area contributed by atoms with Gasteiger partial charge in [0.25, 0.3) is 0 Å². The highest BCUT2D eigenvalue weighted by molar-refractivity contribution is 5.72. The van der Waals surface area contributed by atoms with Crippen LogP contribution in [0, 0.1) is 0 Å². The highest BCUT2D eigenvalue weighted by Gasteiger charge is 2.46. The van der Waals surface area contributed by atoms with Crippen molar-refractivity contribution in [3.63, 3.8) is 0 Å². The summed E-state index contributed by atoms with van der Waals surface area (Å²) < 4.78 is 5.24. The molecule has 0 aromatic heterocycles. The third kappa shape index (κ3) is 1.27. The van der Waals surface area contributed by atoms with Gasteiger partial charge in [0, 0.05) is 0 Å². The minimum atomic E-state index is -0.162. The Morgan fingerprint density at radius 3 is 2.50 bits per heavy atom. The Labute approximate surface area is 60.9 Å². The van der Waals surface area contributed by atoms with Crippen LogP contribution < -0.4 is 0 Å². The molecule has 0 amide bonds. The van der Waals surface area contributed by atoms with Gasteiger partial charge in [-0.2, -0.15) is 0 Å². The number of allylic oxidation sites excluding steroid dienone is 1. The lowest BCUT2D eigenvalue weighted by Gasteiger charge is -1.95. The van der Waals surface area contributed by atoms with Gasteiger partial charge in [0.1, 0.15) is 11.9 Å². The Hall–Kier alpha value is -0.630. The van der Waals surface area contributed by atoms with Crippen molar-refractivity contribution in [2.24, 2.45) is 0 Å². The number of carbonyl (C=O) groups excluding carboxylic acids is 1. The molecular weight excluding hydrogens is 128 g/mol. The number of ether oxygens (including phenoxy) is 1. The van der Waals surface area contributed by atoms with Crippen LogP contribution in [0.5, 0.6) is 0 Å². The molecule has 1 heterocycles. The van der Waals surface area contributed by atoms with E-state index in [-0.39, 0.29) is 11.7 Å². The van der Waals surface area contributed by atoms with Crippen molar-refractivity contribution in [2.45, 2.75) is 32.5 Å². The Morgan fingerprint density at radius 2 is 2.20 bits per heavy atom. The minimum absolute atomic E-state index is 0.162. The standard InChI is InChI=1S/C8H12O2/c1-6(5-9)4-8(3)7(2)10-8/h4-5,7H,1-3H3/b6-4+/t7-,8-/m1/s1. The molecule has 2 heteroatoms. The van der Waals surface area contributed by atoms with E-state index in [1.165, 1.54) is 0 Å². The van der Waals surface area contributed by atoms with Gasteiger partial charge >= 0.3 is 0 Å². The maximum absolute atomic E-state index is 10.2. The van der Waals surface area contributed by atoms with E-state index in [2.05, 4.69) is 0 Å². The minimum Gasteiger partial charge on any atom is -0.362 e. The molecule has 0 spiro atoms. The summed E-state index contributed by atoms with van der Waals surface area (Å²) in [6, 6.07) is 0. The lowest BCUT2D eigenvalue weighted by atomic mass is 10.1.